The van der Waals surface area contributed by atoms with Gasteiger partial charge >= 0.3 is 0 Å². The van der Waals surface area contributed by atoms with E-state index in [2.05, 4.69) is 20.8 Å². The zero-order chi connectivity index (χ0) is 19.9. The Hall–Kier alpha value is -3.51. The molecule has 0 spiro atoms. The number of rotatable bonds is 5. The lowest BCUT2D eigenvalue weighted by atomic mass is 10.1. The van der Waals surface area contributed by atoms with Crippen molar-refractivity contribution < 1.29 is 9.59 Å². The van der Waals surface area contributed by atoms with Gasteiger partial charge in [-0.15, -0.1) is 0 Å². The average molecular weight is 393 g/mol. The van der Waals surface area contributed by atoms with E-state index >= 15 is 0 Å². The molecule has 140 valence electrons. The van der Waals surface area contributed by atoms with Crippen LogP contribution in [0.2, 0.25) is 5.02 Å². The molecule has 0 aliphatic carbocycles. The minimum Gasteiger partial charge on any atom is -0.322 e. The summed E-state index contributed by atoms with van der Waals surface area (Å²) in [4.78, 5) is 28.3. The Bertz CT molecular complexity index is 1020. The van der Waals surface area contributed by atoms with E-state index in [1.54, 1.807) is 73.8 Å². The summed E-state index contributed by atoms with van der Waals surface area (Å²) in [7, 11) is 0. The molecule has 0 saturated heterocycles. The van der Waals surface area contributed by atoms with Gasteiger partial charge in [-0.05, 0) is 61.0 Å². The highest BCUT2D eigenvalue weighted by Gasteiger charge is 2.08. The van der Waals surface area contributed by atoms with Crippen LogP contribution in [0.1, 0.15) is 33.3 Å². The van der Waals surface area contributed by atoms with Crippen LogP contribution in [0.15, 0.2) is 78.0 Å². The lowest BCUT2D eigenvalue weighted by molar-refractivity contribution is 0.0949. The summed E-state index contributed by atoms with van der Waals surface area (Å²) < 4.78 is 0. The number of nitrogens with one attached hydrogen (secondary N) is 2. The molecule has 0 radical (unpaired) electrons. The first-order valence-electron chi connectivity index (χ1n) is 8.46. The van der Waals surface area contributed by atoms with Gasteiger partial charge in [0.25, 0.3) is 11.8 Å². The van der Waals surface area contributed by atoms with Gasteiger partial charge in [-0.2, -0.15) is 5.10 Å². The number of benzene rings is 2. The maximum Gasteiger partial charge on any atom is 0.289 e. The fourth-order valence-corrected chi connectivity index (χ4v) is 2.51. The standard InChI is InChI=1S/C21H17ClN4O2/c1-14(25-26-21(28)19-7-2-3-12-23-19)16-5-4-6-18(13-16)24-20(27)15-8-10-17(22)11-9-15/h2-13H,1H3,(H,24,27)(H,26,28)/b25-14+. The topological polar surface area (TPSA) is 83.4 Å². The maximum atomic E-state index is 12.3. The smallest absolute Gasteiger partial charge is 0.289 e. The SMILES string of the molecule is C/C(=N\NC(=O)c1ccccn1)c1cccc(NC(=O)c2ccc(Cl)cc2)c1. The summed E-state index contributed by atoms with van der Waals surface area (Å²) in [5.41, 5.74) is 5.22. The molecule has 28 heavy (non-hydrogen) atoms. The van der Waals surface area contributed by atoms with Crippen LogP contribution >= 0.6 is 11.6 Å². The van der Waals surface area contributed by atoms with E-state index in [4.69, 9.17) is 11.6 Å². The number of aromatic nitrogens is 1. The fraction of sp³-hybridized carbons (Fsp3) is 0.0476. The highest BCUT2D eigenvalue weighted by Crippen LogP contribution is 2.15. The number of hydrogen-bond acceptors (Lipinski definition) is 4. The molecule has 2 aromatic carbocycles. The molecule has 0 aliphatic heterocycles. The molecule has 2 amide bonds. The van der Waals surface area contributed by atoms with Gasteiger partial charge in [-0.1, -0.05) is 29.8 Å². The Labute approximate surface area is 167 Å². The van der Waals surface area contributed by atoms with Gasteiger partial charge in [-0.3, -0.25) is 14.6 Å². The third-order valence-corrected chi connectivity index (χ3v) is 4.12. The Morgan fingerprint density at radius 1 is 0.929 bits per heavy atom. The number of carbonyl (C=O) groups excluding carboxylic acids is 2. The second-order valence-corrected chi connectivity index (χ2v) is 6.33. The van der Waals surface area contributed by atoms with Crippen molar-refractivity contribution in [3.8, 4) is 0 Å². The van der Waals surface area contributed by atoms with Crippen molar-refractivity contribution in [3.05, 3.63) is 94.8 Å². The highest BCUT2D eigenvalue weighted by atomic mass is 35.5. The molecule has 1 aromatic heterocycles. The normalized spacial score (nSPS) is 11.0. The van der Waals surface area contributed by atoms with Gasteiger partial charge in [-0.25, -0.2) is 5.43 Å². The molecule has 0 unspecified atom stereocenters. The molecule has 0 atom stereocenters. The van der Waals surface area contributed by atoms with Gasteiger partial charge in [0.05, 0.1) is 5.71 Å². The molecule has 2 N–H and O–H groups in total. The number of carbonyl (C=O) groups is 2. The summed E-state index contributed by atoms with van der Waals surface area (Å²) in [5, 5.41) is 7.51. The van der Waals surface area contributed by atoms with Crippen LogP contribution in [0.4, 0.5) is 5.69 Å². The Kier molecular flexibility index (Phi) is 6.14. The van der Waals surface area contributed by atoms with E-state index in [0.29, 0.717) is 22.0 Å². The lowest BCUT2D eigenvalue weighted by Gasteiger charge is -2.08. The predicted octanol–water partition coefficient (Wildman–Crippen LogP) is 4.14. The second-order valence-electron chi connectivity index (χ2n) is 5.89. The summed E-state index contributed by atoms with van der Waals surface area (Å²) >= 11 is 5.84. The summed E-state index contributed by atoms with van der Waals surface area (Å²) in [5.74, 6) is -0.640. The van der Waals surface area contributed by atoms with Gasteiger partial charge in [0, 0.05) is 22.5 Å². The monoisotopic (exact) mass is 392 g/mol. The van der Waals surface area contributed by atoms with Crippen LogP contribution in [0.3, 0.4) is 0 Å². The van der Waals surface area contributed by atoms with Crippen LogP contribution in [0.25, 0.3) is 0 Å². The molecule has 0 fully saturated rings. The van der Waals surface area contributed by atoms with Gasteiger partial charge in [0.1, 0.15) is 5.69 Å². The molecule has 0 aliphatic rings. The van der Waals surface area contributed by atoms with Crippen molar-refractivity contribution in [2.45, 2.75) is 6.92 Å². The summed E-state index contributed by atoms with van der Waals surface area (Å²) in [6.07, 6.45) is 1.54. The maximum absolute atomic E-state index is 12.3. The third-order valence-electron chi connectivity index (χ3n) is 3.87. The van der Waals surface area contributed by atoms with Crippen molar-refractivity contribution in [3.63, 3.8) is 0 Å². The molecule has 3 aromatic rings. The number of halogens is 1. The third kappa shape index (κ3) is 5.02. The van der Waals surface area contributed by atoms with Crippen LogP contribution in [0, 0.1) is 0 Å². The van der Waals surface area contributed by atoms with Crippen molar-refractivity contribution >= 4 is 34.8 Å². The molecule has 1 heterocycles. The van der Waals surface area contributed by atoms with Crippen LogP contribution in [-0.4, -0.2) is 22.5 Å². The minimum atomic E-state index is -0.396. The molecule has 6 nitrogen and oxygen atoms in total. The summed E-state index contributed by atoms with van der Waals surface area (Å²) in [6, 6.07) is 18.9. The van der Waals surface area contributed by atoms with Crippen LogP contribution in [-0.2, 0) is 0 Å². The van der Waals surface area contributed by atoms with E-state index in [0.717, 1.165) is 5.56 Å². The van der Waals surface area contributed by atoms with Crippen LogP contribution in [0.5, 0.6) is 0 Å². The molecule has 7 heteroatoms. The number of amides is 2. The first kappa shape index (κ1) is 19.3. The lowest BCUT2D eigenvalue weighted by Crippen LogP contribution is -2.20. The average Bonchev–Trinajstić information content (AvgIpc) is 2.73. The van der Waals surface area contributed by atoms with Gasteiger partial charge in [0.15, 0.2) is 0 Å². The van der Waals surface area contributed by atoms with Crippen molar-refractivity contribution in [2.24, 2.45) is 5.10 Å². The first-order chi connectivity index (χ1) is 13.5. The van der Waals surface area contributed by atoms with E-state index in [1.807, 2.05) is 6.07 Å². The molecule has 3 rings (SSSR count). The number of hydrazone groups is 1. The number of anilines is 1. The predicted molar refractivity (Wildman–Crippen MR) is 110 cm³/mol. The second kappa shape index (κ2) is 8.92. The van der Waals surface area contributed by atoms with E-state index < -0.39 is 5.91 Å². The van der Waals surface area contributed by atoms with E-state index in [1.165, 1.54) is 0 Å². The number of hydrogen-bond donors (Lipinski definition) is 2. The van der Waals surface area contributed by atoms with Gasteiger partial charge in [0.2, 0.25) is 0 Å². The minimum absolute atomic E-state index is 0.244. The van der Waals surface area contributed by atoms with E-state index in [-0.39, 0.29) is 11.6 Å². The quantitative estimate of drug-likeness (QED) is 0.505. The number of nitrogens with zero attached hydrogens (tertiary/aromatic N) is 2. The van der Waals surface area contributed by atoms with Crippen LogP contribution < -0.4 is 10.7 Å². The molecule has 0 bridgehead atoms. The molecular formula is C21H17ClN4O2. The highest BCUT2D eigenvalue weighted by molar-refractivity contribution is 6.30. The Morgan fingerprint density at radius 3 is 2.43 bits per heavy atom. The van der Waals surface area contributed by atoms with Crippen molar-refractivity contribution in [1.29, 1.82) is 0 Å². The van der Waals surface area contributed by atoms with Gasteiger partial charge < -0.3 is 5.32 Å². The molecule has 0 saturated carbocycles. The van der Waals surface area contributed by atoms with Crippen molar-refractivity contribution in [2.75, 3.05) is 5.32 Å². The zero-order valence-electron chi connectivity index (χ0n) is 15.0. The first-order valence-corrected chi connectivity index (χ1v) is 8.84. The fourth-order valence-electron chi connectivity index (χ4n) is 2.38. The van der Waals surface area contributed by atoms with E-state index in [9.17, 15) is 9.59 Å². The Morgan fingerprint density at radius 2 is 1.71 bits per heavy atom. The summed E-state index contributed by atoms with van der Waals surface area (Å²) in [6.45, 7) is 1.76. The number of pyridine rings is 1. The largest absolute Gasteiger partial charge is 0.322 e. The molecular weight excluding hydrogens is 376 g/mol. The van der Waals surface area contributed by atoms with Crippen molar-refractivity contribution in [1.82, 2.24) is 10.4 Å². The zero-order valence-corrected chi connectivity index (χ0v) is 15.8. The Balaban J connectivity index is 1.69.